The molecule has 11 aromatic carbocycles. The summed E-state index contributed by atoms with van der Waals surface area (Å²) in [5.41, 5.74) is 12.2. The van der Waals surface area contributed by atoms with Gasteiger partial charge in [0, 0.05) is 0 Å². The Kier molecular flexibility index (Phi) is 9.16. The van der Waals surface area contributed by atoms with E-state index in [9.17, 15) is 0 Å². The van der Waals surface area contributed by atoms with E-state index in [0.29, 0.717) is 5.82 Å². The second-order valence-electron chi connectivity index (χ2n) is 16.4. The summed E-state index contributed by atoms with van der Waals surface area (Å²) in [7, 11) is 0. The van der Waals surface area contributed by atoms with Crippen molar-refractivity contribution in [1.29, 1.82) is 0 Å². The molecule has 0 bridgehead atoms. The van der Waals surface area contributed by atoms with E-state index in [1.807, 2.05) is 24.3 Å². The highest BCUT2D eigenvalue weighted by molar-refractivity contribution is 6.25. The van der Waals surface area contributed by atoms with Crippen molar-refractivity contribution in [3.63, 3.8) is 0 Å². The third-order valence-corrected chi connectivity index (χ3v) is 12.6. The summed E-state index contributed by atoms with van der Waals surface area (Å²) in [6.07, 6.45) is 0. The molecule has 0 aliphatic carbocycles. The van der Waals surface area contributed by atoms with E-state index in [0.717, 1.165) is 56.2 Å². The number of nitrogens with zero attached hydrogens (tertiary/aromatic N) is 2. The fourth-order valence-electron chi connectivity index (χ4n) is 9.45. The van der Waals surface area contributed by atoms with Crippen LogP contribution in [0.1, 0.15) is 0 Å². The highest BCUT2D eigenvalue weighted by Crippen LogP contribution is 2.41. The smallest absolute Gasteiger partial charge is 0.240 e. The monoisotopic (exact) mass is 814 g/mol. The number of fused-ring (bicyclic) bond motifs is 7. The van der Waals surface area contributed by atoms with Crippen molar-refractivity contribution < 1.29 is 4.98 Å². The van der Waals surface area contributed by atoms with E-state index >= 15 is 0 Å². The van der Waals surface area contributed by atoms with Crippen molar-refractivity contribution in [2.75, 3.05) is 0 Å². The first kappa shape index (κ1) is 37.2. The van der Waals surface area contributed by atoms with Crippen LogP contribution in [-0.4, -0.2) is 9.97 Å². The van der Waals surface area contributed by atoms with E-state index in [2.05, 4.69) is 217 Å². The summed E-state index contributed by atoms with van der Waals surface area (Å²) in [5.74, 6) is 2.17. The van der Waals surface area contributed by atoms with Crippen LogP contribution in [0.5, 0.6) is 0 Å². The van der Waals surface area contributed by atoms with Crippen LogP contribution in [0.3, 0.4) is 0 Å². The number of aromatic nitrogens is 3. The molecular formula is C61H40N3+. The third-order valence-electron chi connectivity index (χ3n) is 12.6. The molecule has 0 fully saturated rings. The van der Waals surface area contributed by atoms with Gasteiger partial charge in [-0.15, -0.1) is 0 Å². The zero-order valence-electron chi connectivity index (χ0n) is 34.9. The van der Waals surface area contributed by atoms with Crippen molar-refractivity contribution in [3.05, 3.63) is 237 Å². The average molecular weight is 815 g/mol. The van der Waals surface area contributed by atoms with Crippen molar-refractivity contribution in [1.82, 2.24) is 9.97 Å². The second kappa shape index (κ2) is 15.7. The first-order chi connectivity index (χ1) is 31.7. The standard InChI is InChI=1S/C61H39N3/c1-3-15-40(16-4-1)45-20-13-22-48(37-45)60-62-59(44-18-5-2-6-19-44)63-61(64-60)49-23-14-21-47(38-49)51-35-33-42-17-7-8-24-50(42)58(51)43-31-29-41(30-32-43)46-34-36-56-54-27-10-9-25-52(54)53-26-11-12-28-55(53)57(56)39-46/h1-39H/p+1. The summed E-state index contributed by atoms with van der Waals surface area (Å²) < 4.78 is 0. The van der Waals surface area contributed by atoms with E-state index in [1.54, 1.807) is 0 Å². The van der Waals surface area contributed by atoms with Gasteiger partial charge in [-0.3, -0.25) is 0 Å². The Hall–Kier alpha value is -8.53. The predicted molar refractivity (Wildman–Crippen MR) is 267 cm³/mol. The second-order valence-corrected chi connectivity index (χ2v) is 16.4. The molecular weight excluding hydrogens is 775 g/mol. The maximum atomic E-state index is 5.22. The first-order valence-corrected chi connectivity index (χ1v) is 21.8. The van der Waals surface area contributed by atoms with Crippen LogP contribution in [-0.2, 0) is 0 Å². The molecule has 12 rings (SSSR count). The van der Waals surface area contributed by atoms with Gasteiger partial charge in [0.15, 0.2) is 0 Å². The van der Waals surface area contributed by atoms with E-state index in [4.69, 9.17) is 9.97 Å². The molecule has 0 saturated carbocycles. The Morgan fingerprint density at radius 2 is 0.703 bits per heavy atom. The van der Waals surface area contributed by atoms with Gasteiger partial charge >= 0.3 is 5.82 Å². The van der Waals surface area contributed by atoms with E-state index in [-0.39, 0.29) is 0 Å². The van der Waals surface area contributed by atoms with Gasteiger partial charge in [0.1, 0.15) is 0 Å². The average Bonchev–Trinajstić information content (AvgIpc) is 3.39. The van der Waals surface area contributed by atoms with Gasteiger partial charge in [0.25, 0.3) is 11.6 Å². The molecule has 3 heteroatoms. The largest absolute Gasteiger partial charge is 0.308 e. The number of benzene rings is 11. The van der Waals surface area contributed by atoms with Crippen LogP contribution in [0.25, 0.3) is 122 Å². The highest BCUT2D eigenvalue weighted by Gasteiger charge is 2.22. The van der Waals surface area contributed by atoms with Gasteiger partial charge in [-0.05, 0) is 130 Å². The highest BCUT2D eigenvalue weighted by atomic mass is 15.0. The summed E-state index contributed by atoms with van der Waals surface area (Å²) >= 11 is 0. The van der Waals surface area contributed by atoms with Gasteiger partial charge in [0.2, 0.25) is 0 Å². The minimum atomic E-state index is 0.655. The van der Waals surface area contributed by atoms with Crippen molar-refractivity contribution in [2.24, 2.45) is 0 Å². The number of H-pyrrole nitrogens is 1. The van der Waals surface area contributed by atoms with Crippen LogP contribution in [0, 0.1) is 0 Å². The van der Waals surface area contributed by atoms with Crippen LogP contribution in [0.4, 0.5) is 0 Å². The number of rotatable bonds is 7. The molecule has 0 aliphatic heterocycles. The van der Waals surface area contributed by atoms with E-state index in [1.165, 1.54) is 59.8 Å². The minimum absolute atomic E-state index is 0.655. The lowest BCUT2D eigenvalue weighted by Crippen LogP contribution is -2.17. The van der Waals surface area contributed by atoms with Crippen LogP contribution in [0.2, 0.25) is 0 Å². The Balaban J connectivity index is 0.960. The molecule has 12 aromatic rings. The Morgan fingerprint density at radius 3 is 1.41 bits per heavy atom. The lowest BCUT2D eigenvalue weighted by atomic mass is 9.88. The van der Waals surface area contributed by atoms with Crippen LogP contribution < -0.4 is 4.98 Å². The Bertz CT molecular complexity index is 3670. The van der Waals surface area contributed by atoms with Crippen molar-refractivity contribution >= 4 is 43.1 Å². The van der Waals surface area contributed by atoms with Crippen molar-refractivity contribution in [3.8, 4) is 78.7 Å². The van der Waals surface area contributed by atoms with E-state index < -0.39 is 0 Å². The predicted octanol–water partition coefficient (Wildman–Crippen LogP) is 15.6. The summed E-state index contributed by atoms with van der Waals surface area (Å²) in [5, 5.41) is 10.1. The Labute approximate surface area is 371 Å². The molecule has 1 heterocycles. The van der Waals surface area contributed by atoms with Crippen molar-refractivity contribution in [2.45, 2.75) is 0 Å². The number of nitrogens with one attached hydrogen (secondary N) is 1. The summed E-state index contributed by atoms with van der Waals surface area (Å²) in [4.78, 5) is 14.0. The zero-order chi connectivity index (χ0) is 42.4. The molecule has 0 saturated heterocycles. The molecule has 3 nitrogen and oxygen atoms in total. The molecule has 0 amide bonds. The maximum absolute atomic E-state index is 5.22. The van der Waals surface area contributed by atoms with Crippen LogP contribution >= 0.6 is 0 Å². The number of aromatic amines is 1. The van der Waals surface area contributed by atoms with Gasteiger partial charge in [-0.2, -0.15) is 0 Å². The zero-order valence-corrected chi connectivity index (χ0v) is 34.9. The lowest BCUT2D eigenvalue weighted by molar-refractivity contribution is -0.359. The molecule has 0 aliphatic rings. The molecule has 0 radical (unpaired) electrons. The first-order valence-electron chi connectivity index (χ1n) is 21.8. The number of hydrogen-bond acceptors (Lipinski definition) is 2. The minimum Gasteiger partial charge on any atom is -0.240 e. The molecule has 0 spiro atoms. The molecule has 0 atom stereocenters. The molecule has 1 aromatic heterocycles. The normalized spacial score (nSPS) is 11.4. The Morgan fingerprint density at radius 1 is 0.250 bits per heavy atom. The fourth-order valence-corrected chi connectivity index (χ4v) is 9.45. The molecule has 298 valence electrons. The molecule has 0 unspecified atom stereocenters. The topological polar surface area (TPSA) is 39.9 Å². The molecule has 64 heavy (non-hydrogen) atoms. The van der Waals surface area contributed by atoms with Gasteiger partial charge < -0.3 is 0 Å². The maximum Gasteiger partial charge on any atom is 0.308 e. The quantitative estimate of drug-likeness (QED) is 0.150. The van der Waals surface area contributed by atoms with Gasteiger partial charge in [-0.1, -0.05) is 204 Å². The number of hydrogen-bond donors (Lipinski definition) is 0. The summed E-state index contributed by atoms with van der Waals surface area (Å²) in [6, 6.07) is 84.7. The summed E-state index contributed by atoms with van der Waals surface area (Å²) in [6.45, 7) is 0. The SMILES string of the molecule is c1ccc(-c2cccc(-c3nc(-c4cccc(-c5ccc6ccccc6c5-c5ccc(-c6ccc7c8ccccc8c8ccccc8c7c6)cc5)c4)nc(-c4ccccc4)[nH+]3)c2)cc1. The van der Waals surface area contributed by atoms with Gasteiger partial charge in [-0.25, -0.2) is 4.98 Å². The van der Waals surface area contributed by atoms with Crippen LogP contribution in [0.15, 0.2) is 237 Å². The fraction of sp³-hybridized carbons (Fsp3) is 0. The lowest BCUT2D eigenvalue weighted by Gasteiger charge is -2.16. The third kappa shape index (κ3) is 6.68. The van der Waals surface area contributed by atoms with Gasteiger partial charge in [0.05, 0.1) is 16.7 Å². The molecule has 1 N–H and O–H groups in total.